The van der Waals surface area contributed by atoms with Gasteiger partial charge in [-0.2, -0.15) is 0 Å². The summed E-state index contributed by atoms with van der Waals surface area (Å²) >= 11 is 0. The Kier molecular flexibility index (Phi) is 1.79. The van der Waals surface area contributed by atoms with E-state index in [1.165, 1.54) is 19.3 Å². The molecule has 0 unspecified atom stereocenters. The van der Waals surface area contributed by atoms with Gasteiger partial charge in [-0.05, 0) is 25.7 Å². The van der Waals surface area contributed by atoms with Gasteiger partial charge in [-0.3, -0.25) is 0 Å². The van der Waals surface area contributed by atoms with Crippen molar-refractivity contribution in [3.8, 4) is 0 Å². The average molecular weight is 165 g/mol. The number of nitrogen functional groups attached to an aromatic ring is 1. The molecule has 1 aliphatic carbocycles. The van der Waals surface area contributed by atoms with E-state index in [1.54, 1.807) is 0 Å². The van der Waals surface area contributed by atoms with E-state index in [4.69, 9.17) is 5.73 Å². The second-order valence-electron chi connectivity index (χ2n) is 3.66. The summed E-state index contributed by atoms with van der Waals surface area (Å²) in [6.45, 7) is 3.12. The summed E-state index contributed by atoms with van der Waals surface area (Å²) in [6.07, 6.45) is 6.08. The number of nitrogens with zero attached hydrogens (tertiary/aromatic N) is 2. The van der Waals surface area contributed by atoms with E-state index in [0.29, 0.717) is 5.82 Å². The van der Waals surface area contributed by atoms with Gasteiger partial charge in [0.15, 0.2) is 0 Å². The fourth-order valence-electron chi connectivity index (χ4n) is 1.67. The van der Waals surface area contributed by atoms with E-state index >= 15 is 0 Å². The van der Waals surface area contributed by atoms with Gasteiger partial charge in [0, 0.05) is 12.7 Å². The van der Waals surface area contributed by atoms with Crippen LogP contribution >= 0.6 is 0 Å². The zero-order valence-electron chi connectivity index (χ0n) is 7.45. The normalized spacial score (nSPS) is 17.8. The van der Waals surface area contributed by atoms with Crippen molar-refractivity contribution in [1.29, 1.82) is 0 Å². The molecule has 0 spiro atoms. The molecule has 2 N–H and O–H groups in total. The number of anilines is 1. The van der Waals surface area contributed by atoms with Crippen molar-refractivity contribution >= 4 is 5.82 Å². The van der Waals surface area contributed by atoms with Crippen LogP contribution in [0.3, 0.4) is 0 Å². The van der Waals surface area contributed by atoms with Crippen LogP contribution in [0.15, 0.2) is 6.20 Å². The number of rotatable bonds is 2. The fourth-order valence-corrected chi connectivity index (χ4v) is 1.67. The molecular weight excluding hydrogens is 150 g/mol. The lowest BCUT2D eigenvalue weighted by Crippen LogP contribution is -2.18. The van der Waals surface area contributed by atoms with E-state index in [-0.39, 0.29) is 0 Å². The van der Waals surface area contributed by atoms with Crippen LogP contribution in [0.4, 0.5) is 5.82 Å². The van der Waals surface area contributed by atoms with Gasteiger partial charge in [-0.25, -0.2) is 4.98 Å². The van der Waals surface area contributed by atoms with E-state index in [9.17, 15) is 0 Å². The Morgan fingerprint density at radius 3 is 2.83 bits per heavy atom. The van der Waals surface area contributed by atoms with Crippen molar-refractivity contribution in [2.45, 2.75) is 32.7 Å². The SMILES string of the molecule is Cc1nc(N)cn1CC1CCC1. The Bertz CT molecular complexity index is 273. The molecule has 1 heterocycles. The van der Waals surface area contributed by atoms with E-state index < -0.39 is 0 Å². The second-order valence-corrected chi connectivity index (χ2v) is 3.66. The minimum atomic E-state index is 0.645. The van der Waals surface area contributed by atoms with Crippen LogP contribution in [-0.2, 0) is 6.54 Å². The van der Waals surface area contributed by atoms with Gasteiger partial charge < -0.3 is 10.3 Å². The van der Waals surface area contributed by atoms with Gasteiger partial charge >= 0.3 is 0 Å². The molecule has 0 atom stereocenters. The van der Waals surface area contributed by atoms with E-state index in [1.807, 2.05) is 13.1 Å². The van der Waals surface area contributed by atoms with Crippen LogP contribution in [0.5, 0.6) is 0 Å². The third kappa shape index (κ3) is 1.31. The number of hydrogen-bond donors (Lipinski definition) is 1. The average Bonchev–Trinajstić information content (AvgIpc) is 2.21. The highest BCUT2D eigenvalue weighted by atomic mass is 15.1. The molecule has 3 nitrogen and oxygen atoms in total. The first kappa shape index (κ1) is 7.65. The molecule has 0 radical (unpaired) electrons. The molecular formula is C9H15N3. The number of nitrogens with two attached hydrogens (primary N) is 1. The number of imidazole rings is 1. The molecule has 2 rings (SSSR count). The van der Waals surface area contributed by atoms with Crippen molar-refractivity contribution in [3.63, 3.8) is 0 Å². The molecule has 0 amide bonds. The van der Waals surface area contributed by atoms with Gasteiger partial charge in [0.2, 0.25) is 0 Å². The smallest absolute Gasteiger partial charge is 0.141 e. The molecule has 1 aromatic rings. The Balaban J connectivity index is 2.05. The lowest BCUT2D eigenvalue weighted by Gasteiger charge is -2.25. The first-order valence-corrected chi connectivity index (χ1v) is 4.55. The molecule has 0 bridgehead atoms. The third-order valence-electron chi connectivity index (χ3n) is 2.67. The summed E-state index contributed by atoms with van der Waals surface area (Å²) in [7, 11) is 0. The number of aromatic nitrogens is 2. The summed E-state index contributed by atoms with van der Waals surface area (Å²) in [5.74, 6) is 2.56. The molecule has 1 aliphatic rings. The van der Waals surface area contributed by atoms with Gasteiger partial charge in [-0.15, -0.1) is 0 Å². The van der Waals surface area contributed by atoms with E-state index in [0.717, 1.165) is 18.3 Å². The monoisotopic (exact) mass is 165 g/mol. The van der Waals surface area contributed by atoms with Gasteiger partial charge in [0.25, 0.3) is 0 Å². The summed E-state index contributed by atoms with van der Waals surface area (Å²) in [6, 6.07) is 0. The maximum absolute atomic E-state index is 5.58. The molecule has 1 saturated carbocycles. The standard InChI is InChI=1S/C9H15N3/c1-7-11-9(10)6-12(7)5-8-3-2-4-8/h6,8H,2-5,10H2,1H3. The number of hydrogen-bond acceptors (Lipinski definition) is 2. The second kappa shape index (κ2) is 2.81. The Labute approximate surface area is 72.6 Å². The zero-order chi connectivity index (χ0) is 8.55. The highest BCUT2D eigenvalue weighted by Crippen LogP contribution is 2.28. The summed E-state index contributed by atoms with van der Waals surface area (Å²) in [4.78, 5) is 4.16. The summed E-state index contributed by atoms with van der Waals surface area (Å²) in [5, 5.41) is 0. The minimum Gasteiger partial charge on any atom is -0.382 e. The van der Waals surface area contributed by atoms with Crippen LogP contribution < -0.4 is 5.73 Å². The topological polar surface area (TPSA) is 43.8 Å². The quantitative estimate of drug-likeness (QED) is 0.723. The first-order valence-electron chi connectivity index (χ1n) is 4.55. The number of aryl methyl sites for hydroxylation is 1. The summed E-state index contributed by atoms with van der Waals surface area (Å²) < 4.78 is 2.17. The predicted octanol–water partition coefficient (Wildman–Crippen LogP) is 1.57. The highest BCUT2D eigenvalue weighted by Gasteiger charge is 2.18. The molecule has 1 aromatic heterocycles. The van der Waals surface area contributed by atoms with E-state index in [2.05, 4.69) is 9.55 Å². The third-order valence-corrected chi connectivity index (χ3v) is 2.67. The summed E-state index contributed by atoms with van der Waals surface area (Å²) in [5.41, 5.74) is 5.58. The predicted molar refractivity (Wildman–Crippen MR) is 48.7 cm³/mol. The van der Waals surface area contributed by atoms with Crippen LogP contribution in [-0.4, -0.2) is 9.55 Å². The van der Waals surface area contributed by atoms with Gasteiger partial charge in [-0.1, -0.05) is 6.42 Å². The molecule has 12 heavy (non-hydrogen) atoms. The van der Waals surface area contributed by atoms with Gasteiger partial charge in [0.05, 0.1) is 0 Å². The van der Waals surface area contributed by atoms with Crippen LogP contribution in [0.2, 0.25) is 0 Å². The molecule has 3 heteroatoms. The van der Waals surface area contributed by atoms with Crippen LogP contribution in [0.25, 0.3) is 0 Å². The highest BCUT2D eigenvalue weighted by molar-refractivity contribution is 5.25. The molecule has 0 saturated heterocycles. The molecule has 66 valence electrons. The fraction of sp³-hybridized carbons (Fsp3) is 0.667. The van der Waals surface area contributed by atoms with Gasteiger partial charge in [0.1, 0.15) is 11.6 Å². The minimum absolute atomic E-state index is 0.645. The first-order chi connectivity index (χ1) is 5.75. The van der Waals surface area contributed by atoms with Crippen molar-refractivity contribution in [1.82, 2.24) is 9.55 Å². The Morgan fingerprint density at radius 1 is 1.67 bits per heavy atom. The maximum Gasteiger partial charge on any atom is 0.141 e. The van der Waals surface area contributed by atoms with Crippen molar-refractivity contribution in [2.24, 2.45) is 5.92 Å². The zero-order valence-corrected chi connectivity index (χ0v) is 7.45. The molecule has 0 aromatic carbocycles. The Hall–Kier alpha value is -0.990. The van der Waals surface area contributed by atoms with Crippen LogP contribution in [0.1, 0.15) is 25.1 Å². The molecule has 1 fully saturated rings. The van der Waals surface area contributed by atoms with Crippen molar-refractivity contribution in [3.05, 3.63) is 12.0 Å². The lowest BCUT2D eigenvalue weighted by atomic mass is 9.85. The lowest BCUT2D eigenvalue weighted by molar-refractivity contribution is 0.275. The van der Waals surface area contributed by atoms with Crippen molar-refractivity contribution < 1.29 is 0 Å². The Morgan fingerprint density at radius 2 is 2.42 bits per heavy atom. The van der Waals surface area contributed by atoms with Crippen molar-refractivity contribution in [2.75, 3.05) is 5.73 Å². The molecule has 0 aliphatic heterocycles. The van der Waals surface area contributed by atoms with Crippen LogP contribution in [0, 0.1) is 12.8 Å². The largest absolute Gasteiger partial charge is 0.382 e. The maximum atomic E-state index is 5.58.